The number of piperazine rings is 1. The van der Waals surface area contributed by atoms with Crippen LogP contribution in [-0.4, -0.2) is 65.6 Å². The van der Waals surface area contributed by atoms with Crippen LogP contribution < -0.4 is 9.80 Å². The molecule has 0 spiro atoms. The Morgan fingerprint density at radius 2 is 1.88 bits per heavy atom. The molecule has 0 unspecified atom stereocenters. The second-order valence-electron chi connectivity index (χ2n) is 6.03. The standard InChI is InChI=1S/C15H16N10/c1-11-8-14(25-15(19-11)16-9-18-25)23-6-4-22(5-7-23)13-3-2-12-20-17-10-24(12)21-13/h2-3,8-10H,4-7H2,1H3. The fourth-order valence-corrected chi connectivity index (χ4v) is 3.19. The van der Waals surface area contributed by atoms with Crippen LogP contribution in [0.25, 0.3) is 11.4 Å². The lowest BCUT2D eigenvalue weighted by molar-refractivity contribution is 0.628. The topological polar surface area (TPSA) is 92.6 Å². The summed E-state index contributed by atoms with van der Waals surface area (Å²) in [6, 6.07) is 5.98. The Labute approximate surface area is 142 Å². The number of nitrogens with zero attached hydrogens (tertiary/aromatic N) is 10. The molecule has 5 rings (SSSR count). The molecule has 0 amide bonds. The van der Waals surface area contributed by atoms with Gasteiger partial charge in [-0.1, -0.05) is 0 Å². The molecule has 4 aromatic rings. The minimum absolute atomic E-state index is 0.636. The van der Waals surface area contributed by atoms with Gasteiger partial charge < -0.3 is 9.80 Å². The minimum Gasteiger partial charge on any atom is -0.353 e. The molecule has 0 N–H and O–H groups in total. The zero-order valence-electron chi connectivity index (χ0n) is 13.7. The van der Waals surface area contributed by atoms with Crippen LogP contribution in [0.4, 0.5) is 11.6 Å². The van der Waals surface area contributed by atoms with Gasteiger partial charge in [-0.3, -0.25) is 0 Å². The van der Waals surface area contributed by atoms with E-state index >= 15 is 0 Å². The van der Waals surface area contributed by atoms with Crippen LogP contribution in [0.1, 0.15) is 5.69 Å². The summed E-state index contributed by atoms with van der Waals surface area (Å²) in [6.07, 6.45) is 3.16. The van der Waals surface area contributed by atoms with E-state index in [1.54, 1.807) is 21.7 Å². The summed E-state index contributed by atoms with van der Waals surface area (Å²) in [6.45, 7) is 5.48. The zero-order chi connectivity index (χ0) is 16.8. The summed E-state index contributed by atoms with van der Waals surface area (Å²) in [5, 5.41) is 16.7. The van der Waals surface area contributed by atoms with Crippen molar-refractivity contribution in [2.75, 3.05) is 36.0 Å². The zero-order valence-corrected chi connectivity index (χ0v) is 13.7. The predicted octanol–water partition coefficient (Wildman–Crippen LogP) is 0.197. The lowest BCUT2D eigenvalue weighted by atomic mass is 10.3. The summed E-state index contributed by atoms with van der Waals surface area (Å²) >= 11 is 0. The van der Waals surface area contributed by atoms with Gasteiger partial charge in [0.05, 0.1) is 0 Å². The Morgan fingerprint density at radius 3 is 2.76 bits per heavy atom. The van der Waals surface area contributed by atoms with Gasteiger partial charge in [-0.05, 0) is 19.1 Å². The molecule has 1 aliphatic heterocycles. The Hall–Kier alpha value is -3.30. The van der Waals surface area contributed by atoms with E-state index in [1.807, 2.05) is 19.1 Å². The van der Waals surface area contributed by atoms with E-state index in [9.17, 15) is 0 Å². The molecule has 0 aromatic carbocycles. The second kappa shape index (κ2) is 5.36. The van der Waals surface area contributed by atoms with Crippen molar-refractivity contribution in [3.63, 3.8) is 0 Å². The van der Waals surface area contributed by atoms with Crippen LogP contribution in [0.15, 0.2) is 30.9 Å². The van der Waals surface area contributed by atoms with E-state index in [-0.39, 0.29) is 0 Å². The van der Waals surface area contributed by atoms with E-state index in [0.29, 0.717) is 5.78 Å². The number of aromatic nitrogens is 8. The van der Waals surface area contributed by atoms with Crippen LogP contribution in [0.3, 0.4) is 0 Å². The molecule has 0 saturated carbocycles. The van der Waals surface area contributed by atoms with E-state index in [4.69, 9.17) is 0 Å². The molecule has 0 radical (unpaired) electrons. The monoisotopic (exact) mass is 336 g/mol. The molecule has 5 heterocycles. The molecule has 0 aliphatic carbocycles. The number of hydrogen-bond donors (Lipinski definition) is 0. The number of anilines is 2. The average Bonchev–Trinajstić information content (AvgIpc) is 3.29. The minimum atomic E-state index is 0.636. The highest BCUT2D eigenvalue weighted by atomic mass is 15.4. The van der Waals surface area contributed by atoms with E-state index in [1.165, 1.54) is 0 Å². The van der Waals surface area contributed by atoms with E-state index in [0.717, 1.165) is 49.2 Å². The van der Waals surface area contributed by atoms with Gasteiger partial charge in [0, 0.05) is 37.9 Å². The van der Waals surface area contributed by atoms with Crippen molar-refractivity contribution in [1.82, 2.24) is 39.4 Å². The van der Waals surface area contributed by atoms with E-state index in [2.05, 4.69) is 46.2 Å². The third-order valence-electron chi connectivity index (χ3n) is 4.44. The fourth-order valence-electron chi connectivity index (χ4n) is 3.19. The third kappa shape index (κ3) is 2.33. The molecule has 10 heteroatoms. The lowest BCUT2D eigenvalue weighted by Crippen LogP contribution is -2.47. The normalized spacial score (nSPS) is 15.4. The summed E-state index contributed by atoms with van der Waals surface area (Å²) in [4.78, 5) is 13.2. The molecule has 0 bridgehead atoms. The van der Waals surface area contributed by atoms with Crippen LogP contribution in [0.5, 0.6) is 0 Å². The van der Waals surface area contributed by atoms with E-state index < -0.39 is 0 Å². The van der Waals surface area contributed by atoms with Crippen LogP contribution in [0.2, 0.25) is 0 Å². The fraction of sp³-hybridized carbons (Fsp3) is 0.333. The van der Waals surface area contributed by atoms with Crippen molar-refractivity contribution >= 4 is 23.1 Å². The largest absolute Gasteiger partial charge is 0.353 e. The van der Waals surface area contributed by atoms with Crippen molar-refractivity contribution in [1.29, 1.82) is 0 Å². The molecule has 126 valence electrons. The summed E-state index contributed by atoms with van der Waals surface area (Å²) in [7, 11) is 0. The second-order valence-corrected chi connectivity index (χ2v) is 6.03. The summed E-state index contributed by atoms with van der Waals surface area (Å²) in [5.41, 5.74) is 1.70. The number of rotatable bonds is 2. The van der Waals surface area contributed by atoms with Gasteiger partial charge in [-0.15, -0.1) is 15.3 Å². The van der Waals surface area contributed by atoms with Crippen LogP contribution >= 0.6 is 0 Å². The maximum atomic E-state index is 4.57. The van der Waals surface area contributed by atoms with Gasteiger partial charge in [0.15, 0.2) is 5.65 Å². The van der Waals surface area contributed by atoms with Gasteiger partial charge in [-0.2, -0.15) is 19.1 Å². The average molecular weight is 336 g/mol. The smallest absolute Gasteiger partial charge is 0.254 e. The Kier molecular flexibility index (Phi) is 3.02. The van der Waals surface area contributed by atoms with Crippen LogP contribution in [0, 0.1) is 6.92 Å². The molecule has 1 aliphatic rings. The molecular weight excluding hydrogens is 320 g/mol. The molecule has 25 heavy (non-hydrogen) atoms. The van der Waals surface area contributed by atoms with Gasteiger partial charge in [0.25, 0.3) is 5.78 Å². The summed E-state index contributed by atoms with van der Waals surface area (Å²) in [5.74, 6) is 2.60. The highest BCUT2D eigenvalue weighted by Crippen LogP contribution is 2.20. The SMILES string of the molecule is Cc1cc(N2CCN(c3ccc4nncn4n3)CC2)n2ncnc2n1. The lowest BCUT2D eigenvalue weighted by Gasteiger charge is -2.36. The quantitative estimate of drug-likeness (QED) is 0.512. The van der Waals surface area contributed by atoms with Gasteiger partial charge >= 0.3 is 0 Å². The first kappa shape index (κ1) is 14.1. The number of hydrogen-bond acceptors (Lipinski definition) is 8. The molecule has 1 saturated heterocycles. The summed E-state index contributed by atoms with van der Waals surface area (Å²) < 4.78 is 3.50. The molecular formula is C15H16N10. The first-order chi connectivity index (χ1) is 12.3. The Morgan fingerprint density at radius 1 is 1.04 bits per heavy atom. The van der Waals surface area contributed by atoms with Crippen molar-refractivity contribution in [3.8, 4) is 0 Å². The first-order valence-electron chi connectivity index (χ1n) is 8.12. The van der Waals surface area contributed by atoms with Gasteiger partial charge in [0.2, 0.25) is 0 Å². The highest BCUT2D eigenvalue weighted by Gasteiger charge is 2.21. The van der Waals surface area contributed by atoms with Gasteiger partial charge in [0.1, 0.15) is 24.3 Å². The van der Waals surface area contributed by atoms with Crippen molar-refractivity contribution < 1.29 is 0 Å². The maximum Gasteiger partial charge on any atom is 0.254 e. The highest BCUT2D eigenvalue weighted by molar-refractivity contribution is 5.50. The van der Waals surface area contributed by atoms with Crippen LogP contribution in [-0.2, 0) is 0 Å². The molecule has 0 atom stereocenters. The van der Waals surface area contributed by atoms with Crippen molar-refractivity contribution in [2.24, 2.45) is 0 Å². The van der Waals surface area contributed by atoms with Crippen molar-refractivity contribution in [3.05, 3.63) is 36.5 Å². The third-order valence-corrected chi connectivity index (χ3v) is 4.44. The Bertz CT molecular complexity index is 1040. The molecule has 4 aromatic heterocycles. The number of fused-ring (bicyclic) bond motifs is 2. The molecule has 1 fully saturated rings. The van der Waals surface area contributed by atoms with Crippen molar-refractivity contribution in [2.45, 2.75) is 6.92 Å². The predicted molar refractivity (Wildman–Crippen MR) is 90.7 cm³/mol. The Balaban J connectivity index is 1.39. The molecule has 10 nitrogen and oxygen atoms in total. The first-order valence-corrected chi connectivity index (χ1v) is 8.12. The number of aryl methyl sites for hydroxylation is 1. The maximum absolute atomic E-state index is 4.57. The van der Waals surface area contributed by atoms with Gasteiger partial charge in [-0.25, -0.2) is 4.98 Å².